The summed E-state index contributed by atoms with van der Waals surface area (Å²) < 4.78 is 4.86. The zero-order valence-electron chi connectivity index (χ0n) is 6.79. The van der Waals surface area contributed by atoms with Crippen LogP contribution in [0.5, 0.6) is 0 Å². The Morgan fingerprint density at radius 3 is 2.91 bits per heavy atom. The molecular formula is C8H13NO2. The van der Waals surface area contributed by atoms with Gasteiger partial charge in [-0.05, 0) is 19.1 Å². The van der Waals surface area contributed by atoms with Gasteiger partial charge in [0.15, 0.2) is 0 Å². The molecule has 1 heterocycles. The molecule has 0 bridgehead atoms. The van der Waals surface area contributed by atoms with E-state index < -0.39 is 5.60 Å². The predicted molar refractivity (Wildman–Crippen MR) is 42.2 cm³/mol. The van der Waals surface area contributed by atoms with Crippen LogP contribution in [0.3, 0.4) is 0 Å². The number of nitrogens with one attached hydrogen (secondary N) is 1. The van der Waals surface area contributed by atoms with Crippen LogP contribution in [0.4, 0.5) is 0 Å². The Bertz CT molecular complexity index is 204. The number of aliphatic hydroxyl groups is 1. The highest BCUT2D eigenvalue weighted by Crippen LogP contribution is 2.17. The predicted octanol–water partition coefficient (Wildman–Crippen LogP) is 0.869. The first-order valence-electron chi connectivity index (χ1n) is 3.52. The lowest BCUT2D eigenvalue weighted by Gasteiger charge is -2.20. The SMILES string of the molecule is COCC(C)(O)c1ccc[nH]1. The Hall–Kier alpha value is -0.800. The number of ether oxygens (including phenoxy) is 1. The lowest BCUT2D eigenvalue weighted by Crippen LogP contribution is -2.27. The van der Waals surface area contributed by atoms with E-state index in [9.17, 15) is 5.11 Å². The van der Waals surface area contributed by atoms with Gasteiger partial charge in [0, 0.05) is 19.0 Å². The van der Waals surface area contributed by atoms with Gasteiger partial charge in [0.1, 0.15) is 5.60 Å². The third-order valence-electron chi connectivity index (χ3n) is 1.60. The zero-order chi connectivity index (χ0) is 8.32. The molecule has 62 valence electrons. The van der Waals surface area contributed by atoms with E-state index >= 15 is 0 Å². The van der Waals surface area contributed by atoms with Crippen LogP contribution < -0.4 is 0 Å². The second-order valence-electron chi connectivity index (χ2n) is 2.79. The van der Waals surface area contributed by atoms with Crippen molar-refractivity contribution in [2.75, 3.05) is 13.7 Å². The minimum absolute atomic E-state index is 0.299. The van der Waals surface area contributed by atoms with Crippen molar-refractivity contribution in [1.82, 2.24) is 4.98 Å². The smallest absolute Gasteiger partial charge is 0.125 e. The first-order chi connectivity index (χ1) is 5.17. The van der Waals surface area contributed by atoms with E-state index in [-0.39, 0.29) is 0 Å². The van der Waals surface area contributed by atoms with E-state index in [4.69, 9.17) is 4.74 Å². The molecule has 0 aliphatic heterocycles. The van der Waals surface area contributed by atoms with Crippen molar-refractivity contribution < 1.29 is 9.84 Å². The van der Waals surface area contributed by atoms with E-state index in [1.54, 1.807) is 20.2 Å². The van der Waals surface area contributed by atoms with Gasteiger partial charge in [-0.3, -0.25) is 0 Å². The van der Waals surface area contributed by atoms with E-state index in [0.717, 1.165) is 5.69 Å². The topological polar surface area (TPSA) is 45.2 Å². The molecule has 3 nitrogen and oxygen atoms in total. The molecule has 0 spiro atoms. The molecule has 1 unspecified atom stereocenters. The summed E-state index contributed by atoms with van der Waals surface area (Å²) >= 11 is 0. The second-order valence-corrected chi connectivity index (χ2v) is 2.79. The monoisotopic (exact) mass is 155 g/mol. The van der Waals surface area contributed by atoms with Crippen molar-refractivity contribution in [2.24, 2.45) is 0 Å². The fraction of sp³-hybridized carbons (Fsp3) is 0.500. The molecule has 0 aliphatic carbocycles. The number of rotatable bonds is 3. The quantitative estimate of drug-likeness (QED) is 0.680. The highest BCUT2D eigenvalue weighted by Gasteiger charge is 2.23. The van der Waals surface area contributed by atoms with Crippen molar-refractivity contribution in [3.05, 3.63) is 24.0 Å². The van der Waals surface area contributed by atoms with Crippen LogP contribution in [-0.2, 0) is 10.3 Å². The van der Waals surface area contributed by atoms with Crippen molar-refractivity contribution in [2.45, 2.75) is 12.5 Å². The molecule has 0 amide bonds. The van der Waals surface area contributed by atoms with Gasteiger partial charge in [-0.1, -0.05) is 0 Å². The molecule has 1 aromatic heterocycles. The van der Waals surface area contributed by atoms with Crippen LogP contribution in [0.25, 0.3) is 0 Å². The number of hydrogen-bond donors (Lipinski definition) is 2. The van der Waals surface area contributed by atoms with Crippen molar-refractivity contribution >= 4 is 0 Å². The van der Waals surface area contributed by atoms with Gasteiger partial charge in [-0.25, -0.2) is 0 Å². The van der Waals surface area contributed by atoms with E-state index in [2.05, 4.69) is 4.98 Å². The average molecular weight is 155 g/mol. The molecule has 0 fully saturated rings. The Kier molecular flexibility index (Phi) is 2.31. The van der Waals surface area contributed by atoms with Crippen LogP contribution in [-0.4, -0.2) is 23.8 Å². The van der Waals surface area contributed by atoms with Gasteiger partial charge in [-0.15, -0.1) is 0 Å². The molecule has 0 aromatic carbocycles. The highest BCUT2D eigenvalue weighted by molar-refractivity contribution is 5.12. The number of aromatic amines is 1. The number of methoxy groups -OCH3 is 1. The molecule has 11 heavy (non-hydrogen) atoms. The number of hydrogen-bond acceptors (Lipinski definition) is 2. The Balaban J connectivity index is 2.73. The van der Waals surface area contributed by atoms with E-state index in [1.165, 1.54) is 0 Å². The molecule has 1 aromatic rings. The molecule has 1 atom stereocenters. The van der Waals surface area contributed by atoms with Gasteiger partial charge >= 0.3 is 0 Å². The van der Waals surface area contributed by atoms with Crippen LogP contribution >= 0.6 is 0 Å². The normalized spacial score (nSPS) is 16.3. The Labute approximate surface area is 66.0 Å². The third-order valence-corrected chi connectivity index (χ3v) is 1.60. The lowest BCUT2D eigenvalue weighted by atomic mass is 10.0. The molecule has 0 aliphatic rings. The molecule has 1 rings (SSSR count). The van der Waals surface area contributed by atoms with Gasteiger partial charge < -0.3 is 14.8 Å². The first kappa shape index (κ1) is 8.30. The summed E-state index contributed by atoms with van der Waals surface area (Å²) in [5, 5.41) is 9.72. The van der Waals surface area contributed by atoms with Gasteiger partial charge in [0.05, 0.1) is 6.61 Å². The van der Waals surface area contributed by atoms with Crippen LogP contribution in [0, 0.1) is 0 Å². The minimum Gasteiger partial charge on any atom is -0.382 e. The van der Waals surface area contributed by atoms with E-state index in [0.29, 0.717) is 6.61 Å². The third kappa shape index (κ3) is 1.82. The highest BCUT2D eigenvalue weighted by atomic mass is 16.5. The molecule has 2 N–H and O–H groups in total. The Morgan fingerprint density at radius 1 is 1.73 bits per heavy atom. The standard InChI is InChI=1S/C8H13NO2/c1-8(10,6-11-2)7-4-3-5-9-7/h3-5,9-10H,6H2,1-2H3. The lowest BCUT2D eigenvalue weighted by molar-refractivity contribution is -0.0236. The maximum Gasteiger partial charge on any atom is 0.125 e. The van der Waals surface area contributed by atoms with Gasteiger partial charge in [0.2, 0.25) is 0 Å². The van der Waals surface area contributed by atoms with Gasteiger partial charge in [0.25, 0.3) is 0 Å². The second kappa shape index (κ2) is 3.07. The van der Waals surface area contributed by atoms with Crippen LogP contribution in [0.15, 0.2) is 18.3 Å². The van der Waals surface area contributed by atoms with E-state index in [1.807, 2.05) is 12.1 Å². The molecule has 3 heteroatoms. The molecule has 0 saturated carbocycles. The zero-order valence-corrected chi connectivity index (χ0v) is 6.79. The summed E-state index contributed by atoms with van der Waals surface area (Å²) in [7, 11) is 1.57. The largest absolute Gasteiger partial charge is 0.382 e. The maximum absolute atomic E-state index is 9.72. The van der Waals surface area contributed by atoms with Crippen LogP contribution in [0.2, 0.25) is 0 Å². The van der Waals surface area contributed by atoms with Gasteiger partial charge in [-0.2, -0.15) is 0 Å². The first-order valence-corrected chi connectivity index (χ1v) is 3.52. The number of aromatic nitrogens is 1. The van der Waals surface area contributed by atoms with Crippen molar-refractivity contribution in [3.8, 4) is 0 Å². The summed E-state index contributed by atoms with van der Waals surface area (Å²) in [6, 6.07) is 3.68. The summed E-state index contributed by atoms with van der Waals surface area (Å²) in [5.41, 5.74) is -0.127. The number of H-pyrrole nitrogens is 1. The molecule has 0 saturated heterocycles. The summed E-state index contributed by atoms with van der Waals surface area (Å²) in [4.78, 5) is 2.93. The maximum atomic E-state index is 9.72. The average Bonchev–Trinajstić information content (AvgIpc) is 2.37. The fourth-order valence-electron chi connectivity index (χ4n) is 1.02. The van der Waals surface area contributed by atoms with Crippen molar-refractivity contribution in [1.29, 1.82) is 0 Å². The summed E-state index contributed by atoms with van der Waals surface area (Å²) in [6.07, 6.45) is 1.78. The molecule has 0 radical (unpaired) electrons. The Morgan fingerprint density at radius 2 is 2.45 bits per heavy atom. The summed E-state index contributed by atoms with van der Waals surface area (Å²) in [6.45, 7) is 2.01. The molecular weight excluding hydrogens is 142 g/mol. The summed E-state index contributed by atoms with van der Waals surface area (Å²) in [5.74, 6) is 0. The fourth-order valence-corrected chi connectivity index (χ4v) is 1.02. The minimum atomic E-state index is -0.905. The van der Waals surface area contributed by atoms with Crippen LogP contribution in [0.1, 0.15) is 12.6 Å². The van der Waals surface area contributed by atoms with Crippen molar-refractivity contribution in [3.63, 3.8) is 0 Å².